The van der Waals surface area contributed by atoms with E-state index in [1.54, 1.807) is 0 Å². The number of amides is 3. The molecule has 1 fully saturated rings. The molecule has 1 aliphatic heterocycles. The van der Waals surface area contributed by atoms with Gasteiger partial charge >= 0.3 is 12.4 Å². The van der Waals surface area contributed by atoms with Gasteiger partial charge in [0.2, 0.25) is 11.7 Å². The highest BCUT2D eigenvalue weighted by Gasteiger charge is 2.53. The number of aromatic nitrogens is 2. The molecule has 7 N–H and O–H groups in total. The first-order chi connectivity index (χ1) is 29.9. The summed E-state index contributed by atoms with van der Waals surface area (Å²) in [5.41, 5.74) is -7.48. The van der Waals surface area contributed by atoms with E-state index in [0.717, 1.165) is 28.1 Å². The predicted molar refractivity (Wildman–Crippen MR) is 205 cm³/mol. The largest absolute Gasteiger partial charge is 0.509 e. The van der Waals surface area contributed by atoms with Crippen LogP contribution in [0.25, 0.3) is 11.3 Å². The second kappa shape index (κ2) is 19.7. The van der Waals surface area contributed by atoms with Gasteiger partial charge in [0.15, 0.2) is 11.6 Å². The first-order valence-electron chi connectivity index (χ1n) is 19.5. The van der Waals surface area contributed by atoms with Gasteiger partial charge in [-0.2, -0.15) is 30.7 Å². The molecule has 0 saturated heterocycles. The van der Waals surface area contributed by atoms with E-state index in [9.17, 15) is 66.3 Å². The lowest BCUT2D eigenvalue weighted by atomic mass is 9.88. The second-order valence-corrected chi connectivity index (χ2v) is 15.2. The van der Waals surface area contributed by atoms with Crippen LogP contribution >= 0.6 is 0 Å². The van der Waals surface area contributed by atoms with Crippen molar-refractivity contribution in [3.05, 3.63) is 82.5 Å². The maximum Gasteiger partial charge on any atom is 0.433 e. The van der Waals surface area contributed by atoms with Gasteiger partial charge in [-0.1, -0.05) is 18.9 Å². The van der Waals surface area contributed by atoms with Gasteiger partial charge in [0, 0.05) is 38.2 Å². The zero-order valence-electron chi connectivity index (χ0n) is 34.0. The van der Waals surface area contributed by atoms with Crippen LogP contribution in [0.15, 0.2) is 54.1 Å². The molecule has 5 rings (SSSR count). The van der Waals surface area contributed by atoms with E-state index in [-0.39, 0.29) is 32.3 Å². The molecule has 16 nitrogen and oxygen atoms in total. The fraction of sp³-hybridized carbons (Fsp3) is 0.475. The van der Waals surface area contributed by atoms with Gasteiger partial charge in [0.1, 0.15) is 47.8 Å². The van der Waals surface area contributed by atoms with Crippen LogP contribution in [-0.2, 0) is 33.3 Å². The van der Waals surface area contributed by atoms with Crippen molar-refractivity contribution in [3.63, 3.8) is 0 Å². The summed E-state index contributed by atoms with van der Waals surface area (Å²) in [5.74, 6) is -7.50. The number of hydrazine groups is 1. The van der Waals surface area contributed by atoms with Gasteiger partial charge in [-0.05, 0) is 49.6 Å². The highest BCUT2D eigenvalue weighted by atomic mass is 19.4. The van der Waals surface area contributed by atoms with Crippen molar-refractivity contribution in [1.82, 2.24) is 24.9 Å². The minimum Gasteiger partial charge on any atom is -0.509 e. The van der Waals surface area contributed by atoms with Crippen LogP contribution in [0.4, 0.5) is 40.8 Å². The Labute approximate surface area is 359 Å². The highest BCUT2D eigenvalue weighted by Crippen LogP contribution is 2.45. The molecule has 1 unspecified atom stereocenters. The molecule has 4 atom stereocenters. The molecule has 2 aliphatic rings. The summed E-state index contributed by atoms with van der Waals surface area (Å²) < 4.78 is 118. The van der Waals surface area contributed by atoms with Crippen LogP contribution in [-0.4, -0.2) is 137 Å². The quantitative estimate of drug-likeness (QED) is 0.0622. The van der Waals surface area contributed by atoms with E-state index in [4.69, 9.17) is 9.84 Å². The Morgan fingerprint density at radius 3 is 2.22 bits per heavy atom. The molecule has 3 amide bonds. The number of aliphatic hydroxyl groups excluding tert-OH is 6. The normalized spacial score (nSPS) is 17.7. The number of carbonyl (C=O) groups excluding carboxylic acids is 3. The first-order valence-corrected chi connectivity index (χ1v) is 19.5. The van der Waals surface area contributed by atoms with E-state index < -0.39 is 142 Å². The number of rotatable bonds is 16. The number of ether oxygens (including phenoxy) is 1. The van der Waals surface area contributed by atoms with Gasteiger partial charge in [0.25, 0.3) is 11.8 Å². The number of likely N-dealkylation sites (N-methyl/N-ethyl adjacent to an activating group) is 2. The monoisotopic (exact) mass is 920 g/mol. The Morgan fingerprint density at radius 1 is 0.938 bits per heavy atom. The molecular formula is C40H44F8N6O10. The zero-order chi connectivity index (χ0) is 47.5. The molecule has 2 heterocycles. The van der Waals surface area contributed by atoms with E-state index in [2.05, 4.69) is 15.3 Å². The van der Waals surface area contributed by atoms with Crippen molar-refractivity contribution in [3.8, 4) is 17.0 Å². The lowest BCUT2D eigenvalue weighted by molar-refractivity contribution is -0.163. The molecule has 0 radical (unpaired) electrons. The molecule has 3 aromatic rings. The van der Waals surface area contributed by atoms with Crippen LogP contribution < -0.4 is 10.1 Å². The van der Waals surface area contributed by atoms with Crippen molar-refractivity contribution in [2.45, 2.75) is 87.4 Å². The van der Waals surface area contributed by atoms with Crippen LogP contribution in [0.2, 0.25) is 0 Å². The third kappa shape index (κ3) is 10.5. The standard InChI is InChI=1S/C40H44F8N6O10/c1-52(17-25(56)33(59)34(60)26(57)18-55)29(58)6-5-13-64-27-10-7-20(31(41)32(27)42)16-54-37(63)30(35(61)38(53(54)2)11-3-4-12-38)36(62)51-23-9-8-21(39(43,44)45)14-22(23)24-15-28(40(46,47)48)50-19-49-24/h7-10,14-15,19,25-26,33-34,55-57,59-61H,3-6,11-13,16-18H2,1-2H3,(H,51,62)/t25-,26?,33+,34+/m0/s1. The second-order valence-electron chi connectivity index (χ2n) is 15.2. The molecule has 24 heteroatoms. The van der Waals surface area contributed by atoms with Gasteiger partial charge in [-0.25, -0.2) is 19.4 Å². The number of halogens is 8. The molecule has 64 heavy (non-hydrogen) atoms. The minimum atomic E-state index is -5.03. The Balaban J connectivity index is 1.33. The lowest BCUT2D eigenvalue weighted by Crippen LogP contribution is -2.62. The van der Waals surface area contributed by atoms with E-state index in [1.165, 1.54) is 19.1 Å². The van der Waals surface area contributed by atoms with Crippen molar-refractivity contribution in [1.29, 1.82) is 0 Å². The summed E-state index contributed by atoms with van der Waals surface area (Å²) in [4.78, 5) is 48.4. The summed E-state index contributed by atoms with van der Waals surface area (Å²) >= 11 is 0. The van der Waals surface area contributed by atoms with E-state index in [1.807, 2.05) is 0 Å². The SMILES string of the molecule is CN(C[C@H](O)[C@@H](O)[C@H](O)C(O)CO)C(=O)CCCOc1ccc(CN2C(=O)C(C(=O)Nc3ccc(C(F)(F)F)cc3-c3cc(C(F)(F)F)ncn3)=C(O)C3(CCCC3)N2C)c(F)c1F. The van der Waals surface area contributed by atoms with Crippen LogP contribution in [0, 0.1) is 11.6 Å². The number of nitrogens with one attached hydrogen (secondary N) is 1. The summed E-state index contributed by atoms with van der Waals surface area (Å²) in [6, 6.07) is 4.15. The lowest BCUT2D eigenvalue weighted by Gasteiger charge is -2.48. The number of benzene rings is 2. The average Bonchev–Trinajstić information content (AvgIpc) is 3.75. The molecule has 1 aromatic heterocycles. The Kier molecular flexibility index (Phi) is 15.2. The van der Waals surface area contributed by atoms with Crippen molar-refractivity contribution < 1.29 is 84.9 Å². The fourth-order valence-electron chi connectivity index (χ4n) is 7.39. The highest BCUT2D eigenvalue weighted by molar-refractivity contribution is 6.24. The molecule has 1 saturated carbocycles. The molecule has 350 valence electrons. The Morgan fingerprint density at radius 2 is 1.59 bits per heavy atom. The summed E-state index contributed by atoms with van der Waals surface area (Å²) in [6.45, 7) is -2.42. The summed E-state index contributed by atoms with van der Waals surface area (Å²) in [6.07, 6.45) is -15.8. The Bertz CT molecular complexity index is 2240. The zero-order valence-corrected chi connectivity index (χ0v) is 34.0. The molecule has 0 bridgehead atoms. The van der Waals surface area contributed by atoms with Gasteiger partial charge < -0.3 is 45.6 Å². The maximum absolute atomic E-state index is 15.7. The smallest absolute Gasteiger partial charge is 0.433 e. The number of hydrogen-bond donors (Lipinski definition) is 7. The number of carbonyl (C=O) groups is 3. The summed E-state index contributed by atoms with van der Waals surface area (Å²) in [7, 11) is 2.64. The van der Waals surface area contributed by atoms with Crippen LogP contribution in [0.3, 0.4) is 0 Å². The van der Waals surface area contributed by atoms with E-state index in [0.29, 0.717) is 37.4 Å². The fourth-order valence-corrected chi connectivity index (χ4v) is 7.39. The minimum absolute atomic E-state index is 0.0477. The number of nitrogens with zero attached hydrogens (tertiary/aromatic N) is 5. The predicted octanol–water partition coefficient (Wildman–Crippen LogP) is 3.47. The molecule has 1 spiro atoms. The van der Waals surface area contributed by atoms with Crippen molar-refractivity contribution in [2.24, 2.45) is 0 Å². The van der Waals surface area contributed by atoms with Crippen LogP contribution in [0.1, 0.15) is 55.3 Å². The average molecular weight is 921 g/mol. The number of hydrogen-bond acceptors (Lipinski definition) is 13. The molecular weight excluding hydrogens is 876 g/mol. The van der Waals surface area contributed by atoms with Gasteiger partial charge in [0.05, 0.1) is 42.2 Å². The summed E-state index contributed by atoms with van der Waals surface area (Å²) in [5, 5.41) is 64.2. The number of anilines is 1. The van der Waals surface area contributed by atoms with Crippen LogP contribution in [0.5, 0.6) is 5.75 Å². The number of aliphatic hydroxyl groups is 6. The maximum atomic E-state index is 15.7. The first kappa shape index (κ1) is 49.5. The topological polar surface area (TPSA) is 229 Å². The Hall–Kier alpha value is -5.53. The third-order valence-corrected chi connectivity index (χ3v) is 11.0. The van der Waals surface area contributed by atoms with Crippen molar-refractivity contribution >= 4 is 23.4 Å². The van der Waals surface area contributed by atoms with E-state index >= 15 is 8.78 Å². The third-order valence-electron chi connectivity index (χ3n) is 11.0. The van der Waals surface area contributed by atoms with Gasteiger partial charge in [-0.15, -0.1) is 0 Å². The van der Waals surface area contributed by atoms with Crippen molar-refractivity contribution in [2.75, 3.05) is 39.2 Å². The molecule has 2 aromatic carbocycles. The molecule has 1 aliphatic carbocycles. The number of alkyl halides is 6. The van der Waals surface area contributed by atoms with Gasteiger partial charge in [-0.3, -0.25) is 19.4 Å².